The number of ether oxygens (including phenoxy) is 1. The van der Waals surface area contributed by atoms with Crippen LogP contribution in [0.2, 0.25) is 0 Å². The minimum atomic E-state index is -0.566. The summed E-state index contributed by atoms with van der Waals surface area (Å²) in [7, 11) is 1.38. The maximum Gasteiger partial charge on any atom is 0.333 e. The number of carbonyl (C=O) groups is 1. The van der Waals surface area contributed by atoms with E-state index in [9.17, 15) is 9.90 Å². The van der Waals surface area contributed by atoms with E-state index in [1.165, 1.54) is 7.11 Å². The van der Waals surface area contributed by atoms with Gasteiger partial charge in [-0.2, -0.15) is 0 Å². The third-order valence-corrected chi connectivity index (χ3v) is 4.77. The van der Waals surface area contributed by atoms with Gasteiger partial charge in [0.25, 0.3) is 0 Å². The molecular formula is C16H22O3. The van der Waals surface area contributed by atoms with E-state index >= 15 is 0 Å². The van der Waals surface area contributed by atoms with Gasteiger partial charge < -0.3 is 9.84 Å². The summed E-state index contributed by atoms with van der Waals surface area (Å²) in [5.74, 6) is -0.000235. The molecule has 1 saturated carbocycles. The largest absolute Gasteiger partial charge is 0.466 e. The second-order valence-corrected chi connectivity index (χ2v) is 5.93. The standard InChI is InChI=1S/C16H22O3/c1-10(15(18)19-4)12-5-7-16(3)8-6-14(17)11(2)13(16)9-12/h6,8,12-14,17H,1-2,5,7,9H2,3-4H3. The van der Waals surface area contributed by atoms with Crippen molar-refractivity contribution in [1.29, 1.82) is 0 Å². The SMILES string of the molecule is C=C(C(=O)OC)C1CCC2(C)C=CC(O)C(=C)C2C1. The van der Waals surface area contributed by atoms with Crippen molar-refractivity contribution in [3.63, 3.8) is 0 Å². The number of hydrogen-bond donors (Lipinski definition) is 1. The maximum atomic E-state index is 11.6. The van der Waals surface area contributed by atoms with Gasteiger partial charge in [0.05, 0.1) is 13.2 Å². The van der Waals surface area contributed by atoms with Crippen LogP contribution in [0.15, 0.2) is 36.5 Å². The molecule has 0 aromatic rings. The van der Waals surface area contributed by atoms with Crippen molar-refractivity contribution < 1.29 is 14.6 Å². The van der Waals surface area contributed by atoms with Crippen molar-refractivity contribution in [2.24, 2.45) is 17.3 Å². The van der Waals surface area contributed by atoms with Gasteiger partial charge in [0, 0.05) is 5.57 Å². The highest BCUT2D eigenvalue weighted by Gasteiger charge is 2.44. The van der Waals surface area contributed by atoms with E-state index in [-0.39, 0.29) is 23.2 Å². The Kier molecular flexibility index (Phi) is 3.68. The van der Waals surface area contributed by atoms with Crippen LogP contribution in [0.4, 0.5) is 0 Å². The molecular weight excluding hydrogens is 240 g/mol. The van der Waals surface area contributed by atoms with Crippen molar-refractivity contribution in [3.8, 4) is 0 Å². The predicted octanol–water partition coefficient (Wildman–Crippen LogP) is 2.63. The highest BCUT2D eigenvalue weighted by Crippen LogP contribution is 2.51. The number of rotatable bonds is 2. The summed E-state index contributed by atoms with van der Waals surface area (Å²) >= 11 is 0. The molecule has 0 spiro atoms. The van der Waals surface area contributed by atoms with Gasteiger partial charge in [-0.05, 0) is 42.1 Å². The van der Waals surface area contributed by atoms with Gasteiger partial charge in [-0.3, -0.25) is 0 Å². The van der Waals surface area contributed by atoms with E-state index in [0.717, 1.165) is 24.8 Å². The van der Waals surface area contributed by atoms with Gasteiger partial charge in [0.2, 0.25) is 0 Å². The van der Waals surface area contributed by atoms with Crippen molar-refractivity contribution in [1.82, 2.24) is 0 Å². The molecule has 0 saturated heterocycles. The van der Waals surface area contributed by atoms with E-state index < -0.39 is 6.10 Å². The molecule has 2 rings (SSSR count). The van der Waals surface area contributed by atoms with Crippen LogP contribution < -0.4 is 0 Å². The number of allylic oxidation sites excluding steroid dienone is 1. The average Bonchev–Trinajstić information content (AvgIpc) is 2.41. The van der Waals surface area contributed by atoms with Crippen LogP contribution in [0.3, 0.4) is 0 Å². The number of carbonyl (C=O) groups excluding carboxylic acids is 1. The number of methoxy groups -OCH3 is 1. The van der Waals surface area contributed by atoms with Crippen LogP contribution in [0.25, 0.3) is 0 Å². The Hall–Kier alpha value is -1.35. The third kappa shape index (κ3) is 2.39. The molecule has 0 aromatic heterocycles. The van der Waals surface area contributed by atoms with Crippen molar-refractivity contribution >= 4 is 5.97 Å². The maximum absolute atomic E-state index is 11.6. The Morgan fingerprint density at radius 2 is 2.26 bits per heavy atom. The summed E-state index contributed by atoms with van der Waals surface area (Å²) in [6, 6.07) is 0. The molecule has 0 aliphatic heterocycles. The fourth-order valence-corrected chi connectivity index (χ4v) is 3.36. The summed E-state index contributed by atoms with van der Waals surface area (Å²) in [5.41, 5.74) is 1.44. The zero-order valence-corrected chi connectivity index (χ0v) is 11.7. The smallest absolute Gasteiger partial charge is 0.333 e. The molecule has 0 aromatic carbocycles. The molecule has 104 valence electrons. The Balaban J connectivity index is 2.19. The quantitative estimate of drug-likeness (QED) is 0.473. The molecule has 4 unspecified atom stereocenters. The van der Waals surface area contributed by atoms with Gasteiger partial charge in [0.15, 0.2) is 0 Å². The van der Waals surface area contributed by atoms with Gasteiger partial charge in [0.1, 0.15) is 0 Å². The Labute approximate surface area is 114 Å². The summed E-state index contributed by atoms with van der Waals surface area (Å²) in [5, 5.41) is 9.91. The predicted molar refractivity (Wildman–Crippen MR) is 74.4 cm³/mol. The van der Waals surface area contributed by atoms with Crippen LogP contribution in [-0.2, 0) is 9.53 Å². The molecule has 4 atom stereocenters. The highest BCUT2D eigenvalue weighted by atomic mass is 16.5. The topological polar surface area (TPSA) is 46.5 Å². The molecule has 1 fully saturated rings. The molecule has 0 amide bonds. The Bertz CT molecular complexity index is 449. The molecule has 2 aliphatic carbocycles. The van der Waals surface area contributed by atoms with E-state index in [1.807, 2.05) is 6.08 Å². The number of aliphatic hydroxyl groups is 1. The minimum absolute atomic E-state index is 0.0449. The van der Waals surface area contributed by atoms with Gasteiger partial charge in [-0.1, -0.05) is 32.2 Å². The van der Waals surface area contributed by atoms with Crippen LogP contribution in [-0.4, -0.2) is 24.3 Å². The minimum Gasteiger partial charge on any atom is -0.466 e. The van der Waals surface area contributed by atoms with Gasteiger partial charge >= 0.3 is 5.97 Å². The number of fused-ring (bicyclic) bond motifs is 1. The lowest BCUT2D eigenvalue weighted by Gasteiger charge is -2.47. The zero-order chi connectivity index (χ0) is 14.2. The Morgan fingerprint density at radius 1 is 1.58 bits per heavy atom. The summed E-state index contributed by atoms with van der Waals surface area (Å²) < 4.78 is 4.75. The second-order valence-electron chi connectivity index (χ2n) is 5.93. The lowest BCUT2D eigenvalue weighted by Crippen LogP contribution is -2.40. The molecule has 0 bridgehead atoms. The van der Waals surface area contributed by atoms with Crippen molar-refractivity contribution in [2.75, 3.05) is 7.11 Å². The zero-order valence-electron chi connectivity index (χ0n) is 11.7. The first-order valence-corrected chi connectivity index (χ1v) is 6.72. The van der Waals surface area contributed by atoms with Crippen LogP contribution in [0, 0.1) is 17.3 Å². The third-order valence-electron chi connectivity index (χ3n) is 4.77. The average molecular weight is 262 g/mol. The molecule has 2 aliphatic rings. The fraction of sp³-hybridized carbons (Fsp3) is 0.562. The first-order valence-electron chi connectivity index (χ1n) is 6.72. The monoisotopic (exact) mass is 262 g/mol. The molecule has 0 radical (unpaired) electrons. The fourth-order valence-electron chi connectivity index (χ4n) is 3.36. The number of aliphatic hydroxyl groups excluding tert-OH is 1. The van der Waals surface area contributed by atoms with Gasteiger partial charge in [-0.15, -0.1) is 0 Å². The van der Waals surface area contributed by atoms with E-state index in [0.29, 0.717) is 5.57 Å². The van der Waals surface area contributed by atoms with Crippen LogP contribution in [0.5, 0.6) is 0 Å². The molecule has 1 N–H and O–H groups in total. The molecule has 3 nitrogen and oxygen atoms in total. The lowest BCUT2D eigenvalue weighted by atomic mass is 9.58. The van der Waals surface area contributed by atoms with E-state index in [1.54, 1.807) is 0 Å². The number of hydrogen-bond acceptors (Lipinski definition) is 3. The number of esters is 1. The highest BCUT2D eigenvalue weighted by molar-refractivity contribution is 5.88. The summed E-state index contributed by atoms with van der Waals surface area (Å²) in [6.07, 6.45) is 6.07. The van der Waals surface area contributed by atoms with E-state index in [4.69, 9.17) is 4.74 Å². The first-order chi connectivity index (χ1) is 8.89. The molecule has 0 heterocycles. The summed E-state index contributed by atoms with van der Waals surface area (Å²) in [6.45, 7) is 10.1. The van der Waals surface area contributed by atoms with Crippen molar-refractivity contribution in [3.05, 3.63) is 36.5 Å². The molecule has 19 heavy (non-hydrogen) atoms. The second kappa shape index (κ2) is 4.97. The Morgan fingerprint density at radius 3 is 2.89 bits per heavy atom. The first kappa shape index (κ1) is 14.1. The van der Waals surface area contributed by atoms with Gasteiger partial charge in [-0.25, -0.2) is 4.79 Å². The molecule has 3 heteroatoms. The van der Waals surface area contributed by atoms with Crippen LogP contribution in [0.1, 0.15) is 26.2 Å². The lowest BCUT2D eigenvalue weighted by molar-refractivity contribution is -0.137. The summed E-state index contributed by atoms with van der Waals surface area (Å²) in [4.78, 5) is 11.6. The van der Waals surface area contributed by atoms with Crippen molar-refractivity contribution in [2.45, 2.75) is 32.3 Å². The normalized spacial score (nSPS) is 37.6. The van der Waals surface area contributed by atoms with Crippen LogP contribution >= 0.6 is 0 Å². The van der Waals surface area contributed by atoms with E-state index in [2.05, 4.69) is 26.2 Å².